The molecule has 1 aliphatic carbocycles. The lowest BCUT2D eigenvalue weighted by Crippen LogP contribution is -2.46. The standard InChI is InChI=1S/C20H26N2O3/c1-20(2,13-23)19(24)22-15-5-7-16(8-6-15)25-17-9-10-18-14(12-17)4-3-11-21-18/h3-4,9-12,15-16,23H,5-8,13H2,1-2H3,(H,22,24). The Labute approximate surface area is 148 Å². The van der Waals surface area contributed by atoms with E-state index in [4.69, 9.17) is 4.74 Å². The predicted molar refractivity (Wildman–Crippen MR) is 97.4 cm³/mol. The van der Waals surface area contributed by atoms with Crippen LogP contribution in [0.3, 0.4) is 0 Å². The Kier molecular flexibility index (Phi) is 5.23. The third-order valence-electron chi connectivity index (χ3n) is 4.90. The summed E-state index contributed by atoms with van der Waals surface area (Å²) in [5, 5.41) is 13.4. The van der Waals surface area contributed by atoms with Crippen LogP contribution in [0.15, 0.2) is 36.5 Å². The molecule has 1 heterocycles. The van der Waals surface area contributed by atoms with E-state index in [-0.39, 0.29) is 24.7 Å². The number of rotatable bonds is 5. The van der Waals surface area contributed by atoms with Crippen LogP contribution in [-0.2, 0) is 4.79 Å². The summed E-state index contributed by atoms with van der Waals surface area (Å²) in [6.07, 6.45) is 5.58. The van der Waals surface area contributed by atoms with Crippen molar-refractivity contribution in [3.63, 3.8) is 0 Å². The number of aliphatic hydroxyl groups is 1. The Morgan fingerprint density at radius 2 is 2.04 bits per heavy atom. The van der Waals surface area contributed by atoms with Crippen LogP contribution in [0.25, 0.3) is 10.9 Å². The number of nitrogens with zero attached hydrogens (tertiary/aromatic N) is 1. The van der Waals surface area contributed by atoms with Gasteiger partial charge in [0.05, 0.1) is 23.6 Å². The van der Waals surface area contributed by atoms with Gasteiger partial charge in [-0.15, -0.1) is 0 Å². The molecule has 0 spiro atoms. The van der Waals surface area contributed by atoms with Gasteiger partial charge in [-0.3, -0.25) is 9.78 Å². The van der Waals surface area contributed by atoms with Crippen molar-refractivity contribution in [1.29, 1.82) is 0 Å². The highest BCUT2D eigenvalue weighted by atomic mass is 16.5. The smallest absolute Gasteiger partial charge is 0.228 e. The minimum Gasteiger partial charge on any atom is -0.490 e. The van der Waals surface area contributed by atoms with Gasteiger partial charge in [0.2, 0.25) is 5.91 Å². The van der Waals surface area contributed by atoms with Crippen molar-refractivity contribution in [1.82, 2.24) is 10.3 Å². The number of aromatic nitrogens is 1. The zero-order chi connectivity index (χ0) is 17.9. The summed E-state index contributed by atoms with van der Waals surface area (Å²) >= 11 is 0. The number of fused-ring (bicyclic) bond motifs is 1. The van der Waals surface area contributed by atoms with Crippen LogP contribution < -0.4 is 10.1 Å². The number of benzene rings is 1. The maximum atomic E-state index is 12.2. The number of carbonyl (C=O) groups excluding carboxylic acids is 1. The molecule has 5 heteroatoms. The van der Waals surface area contributed by atoms with E-state index < -0.39 is 5.41 Å². The predicted octanol–water partition coefficient (Wildman–Crippen LogP) is 3.06. The number of pyridine rings is 1. The van der Waals surface area contributed by atoms with Gasteiger partial charge in [-0.05, 0) is 63.8 Å². The Bertz CT molecular complexity index is 737. The molecule has 134 valence electrons. The lowest BCUT2D eigenvalue weighted by atomic mass is 9.89. The molecule has 5 nitrogen and oxygen atoms in total. The molecule has 0 aliphatic heterocycles. The first-order valence-corrected chi connectivity index (χ1v) is 8.91. The number of nitrogens with one attached hydrogen (secondary N) is 1. The molecule has 1 amide bonds. The molecule has 1 aliphatic rings. The highest BCUT2D eigenvalue weighted by Gasteiger charge is 2.30. The average Bonchev–Trinajstić information content (AvgIpc) is 2.63. The maximum Gasteiger partial charge on any atom is 0.228 e. The Morgan fingerprint density at radius 3 is 2.76 bits per heavy atom. The molecule has 0 bridgehead atoms. The van der Waals surface area contributed by atoms with E-state index in [1.165, 1.54) is 0 Å². The largest absolute Gasteiger partial charge is 0.490 e. The number of carbonyl (C=O) groups is 1. The molecule has 1 saturated carbocycles. The second-order valence-corrected chi connectivity index (χ2v) is 7.46. The van der Waals surface area contributed by atoms with Gasteiger partial charge in [-0.1, -0.05) is 6.07 Å². The van der Waals surface area contributed by atoms with Gasteiger partial charge in [0.15, 0.2) is 0 Å². The van der Waals surface area contributed by atoms with Gasteiger partial charge >= 0.3 is 0 Å². The van der Waals surface area contributed by atoms with Crippen LogP contribution >= 0.6 is 0 Å². The number of hydrogen-bond acceptors (Lipinski definition) is 4. The average molecular weight is 342 g/mol. The fourth-order valence-electron chi connectivity index (χ4n) is 3.10. The van der Waals surface area contributed by atoms with Crippen molar-refractivity contribution >= 4 is 16.8 Å². The van der Waals surface area contributed by atoms with Crippen LogP contribution in [0, 0.1) is 5.41 Å². The first kappa shape index (κ1) is 17.7. The summed E-state index contributed by atoms with van der Waals surface area (Å²) in [6, 6.07) is 10.1. The topological polar surface area (TPSA) is 71.5 Å². The molecule has 0 atom stereocenters. The summed E-state index contributed by atoms with van der Waals surface area (Å²) in [6.45, 7) is 3.37. The van der Waals surface area contributed by atoms with Crippen molar-refractivity contribution in [3.05, 3.63) is 36.5 Å². The van der Waals surface area contributed by atoms with Gasteiger partial charge in [0.25, 0.3) is 0 Å². The zero-order valence-electron chi connectivity index (χ0n) is 14.9. The number of ether oxygens (including phenoxy) is 1. The molecule has 2 aromatic rings. The normalized spacial score (nSPS) is 21.1. The van der Waals surface area contributed by atoms with Gasteiger partial charge in [0.1, 0.15) is 5.75 Å². The summed E-state index contributed by atoms with van der Waals surface area (Å²) < 4.78 is 6.12. The first-order valence-electron chi connectivity index (χ1n) is 8.91. The van der Waals surface area contributed by atoms with Gasteiger partial charge in [0, 0.05) is 17.6 Å². The minimum atomic E-state index is -0.730. The quantitative estimate of drug-likeness (QED) is 0.876. The van der Waals surface area contributed by atoms with Gasteiger partial charge < -0.3 is 15.2 Å². The number of aliphatic hydroxyl groups excluding tert-OH is 1. The Hall–Kier alpha value is -2.14. The second-order valence-electron chi connectivity index (χ2n) is 7.46. The van der Waals surface area contributed by atoms with Crippen LogP contribution in [-0.4, -0.2) is 34.8 Å². The molecule has 0 unspecified atom stereocenters. The highest BCUT2D eigenvalue weighted by Crippen LogP contribution is 2.26. The Balaban J connectivity index is 1.53. The summed E-state index contributed by atoms with van der Waals surface area (Å²) in [5.41, 5.74) is 0.236. The van der Waals surface area contributed by atoms with E-state index in [1.807, 2.05) is 30.3 Å². The van der Waals surface area contributed by atoms with E-state index in [0.29, 0.717) is 0 Å². The number of amides is 1. The third kappa shape index (κ3) is 4.28. The Morgan fingerprint density at radius 1 is 1.28 bits per heavy atom. The minimum absolute atomic E-state index is 0.0820. The molecule has 1 aromatic carbocycles. The molecule has 3 rings (SSSR count). The SMILES string of the molecule is CC(C)(CO)C(=O)NC1CCC(Oc2ccc3ncccc3c2)CC1. The maximum absolute atomic E-state index is 12.2. The van der Waals surface area contributed by atoms with E-state index in [2.05, 4.69) is 10.3 Å². The summed E-state index contributed by atoms with van der Waals surface area (Å²) in [4.78, 5) is 16.5. The van der Waals surface area contributed by atoms with E-state index in [0.717, 1.165) is 42.3 Å². The van der Waals surface area contributed by atoms with E-state index in [1.54, 1.807) is 20.0 Å². The summed E-state index contributed by atoms with van der Waals surface area (Å²) in [7, 11) is 0. The molecule has 25 heavy (non-hydrogen) atoms. The number of hydrogen-bond donors (Lipinski definition) is 2. The van der Waals surface area contributed by atoms with Crippen LogP contribution in [0.5, 0.6) is 5.75 Å². The molecular weight excluding hydrogens is 316 g/mol. The third-order valence-corrected chi connectivity index (χ3v) is 4.90. The first-order chi connectivity index (χ1) is 12.0. The van der Waals surface area contributed by atoms with E-state index >= 15 is 0 Å². The van der Waals surface area contributed by atoms with Crippen LogP contribution in [0.2, 0.25) is 0 Å². The molecule has 2 N–H and O–H groups in total. The van der Waals surface area contributed by atoms with Crippen molar-refractivity contribution in [2.75, 3.05) is 6.61 Å². The lowest BCUT2D eigenvalue weighted by Gasteiger charge is -2.31. The summed E-state index contributed by atoms with van der Waals surface area (Å²) in [5.74, 6) is 0.788. The fraction of sp³-hybridized carbons (Fsp3) is 0.500. The molecular formula is C20H26N2O3. The van der Waals surface area contributed by atoms with Crippen molar-refractivity contribution < 1.29 is 14.6 Å². The molecule has 1 fully saturated rings. The fourth-order valence-corrected chi connectivity index (χ4v) is 3.10. The zero-order valence-corrected chi connectivity index (χ0v) is 14.9. The highest BCUT2D eigenvalue weighted by molar-refractivity contribution is 5.82. The molecule has 0 saturated heterocycles. The monoisotopic (exact) mass is 342 g/mol. The van der Waals surface area contributed by atoms with Crippen molar-refractivity contribution in [3.8, 4) is 5.75 Å². The van der Waals surface area contributed by atoms with Crippen LogP contribution in [0.4, 0.5) is 0 Å². The molecule has 0 radical (unpaired) electrons. The lowest BCUT2D eigenvalue weighted by molar-refractivity contribution is -0.132. The van der Waals surface area contributed by atoms with Crippen molar-refractivity contribution in [2.45, 2.75) is 51.7 Å². The van der Waals surface area contributed by atoms with Gasteiger partial charge in [-0.2, -0.15) is 0 Å². The van der Waals surface area contributed by atoms with Gasteiger partial charge in [-0.25, -0.2) is 0 Å². The van der Waals surface area contributed by atoms with Crippen molar-refractivity contribution in [2.24, 2.45) is 5.41 Å². The van der Waals surface area contributed by atoms with Crippen LogP contribution in [0.1, 0.15) is 39.5 Å². The molecule has 1 aromatic heterocycles. The van der Waals surface area contributed by atoms with E-state index in [9.17, 15) is 9.90 Å². The second kappa shape index (κ2) is 7.40.